The van der Waals surface area contributed by atoms with Crippen LogP contribution in [0.1, 0.15) is 20.3 Å². The first kappa shape index (κ1) is 10.3. The molecule has 1 saturated heterocycles. The fourth-order valence-electron chi connectivity index (χ4n) is 0.800. The van der Waals surface area contributed by atoms with Crippen molar-refractivity contribution in [1.29, 1.82) is 0 Å². The smallest absolute Gasteiger partial charge is 0.338 e. The van der Waals surface area contributed by atoms with E-state index in [0.717, 1.165) is 10.5 Å². The predicted molar refractivity (Wildman–Crippen MR) is 43.0 cm³/mol. The van der Waals surface area contributed by atoms with Crippen molar-refractivity contribution in [2.24, 2.45) is 0 Å². The molecule has 0 aromatic carbocycles. The van der Waals surface area contributed by atoms with E-state index < -0.39 is 0 Å². The molecule has 0 amide bonds. The minimum atomic E-state index is 0. The first-order valence-electron chi connectivity index (χ1n) is 2.91. The molecule has 1 fully saturated rings. The van der Waals surface area contributed by atoms with Gasteiger partial charge >= 0.3 is 18.9 Å². The van der Waals surface area contributed by atoms with Crippen molar-refractivity contribution in [2.75, 3.05) is 0 Å². The molecule has 0 aliphatic carbocycles. The summed E-state index contributed by atoms with van der Waals surface area (Å²) in [5.41, 5.74) is 0. The van der Waals surface area contributed by atoms with Gasteiger partial charge in [-0.05, 0) is 16.9 Å². The van der Waals surface area contributed by atoms with Crippen LogP contribution in [-0.2, 0) is 0 Å². The normalized spacial score (nSPS) is 35.3. The van der Waals surface area contributed by atoms with Gasteiger partial charge in [-0.15, -0.1) is 0 Å². The van der Waals surface area contributed by atoms with Gasteiger partial charge in [0.25, 0.3) is 0 Å². The standard InChI is InChI=1S/C6H11S2.Li/c1-5-3-6(2)8-4-7-5;/h4-6H,3H2,1-2H3;/q-1;+1/t5-,6+;. The van der Waals surface area contributed by atoms with Crippen molar-refractivity contribution in [2.45, 2.75) is 30.8 Å². The van der Waals surface area contributed by atoms with E-state index in [2.05, 4.69) is 18.9 Å². The number of hydrogen-bond acceptors (Lipinski definition) is 2. The molecule has 2 atom stereocenters. The quantitative estimate of drug-likeness (QED) is 0.349. The first-order valence-corrected chi connectivity index (χ1v) is 4.80. The zero-order valence-corrected chi connectivity index (χ0v) is 7.89. The Labute approximate surface area is 78.1 Å². The van der Waals surface area contributed by atoms with Crippen molar-refractivity contribution in [3.63, 3.8) is 0 Å². The third-order valence-corrected chi connectivity index (χ3v) is 3.44. The Morgan fingerprint density at radius 1 is 1.22 bits per heavy atom. The van der Waals surface area contributed by atoms with Crippen molar-refractivity contribution in [1.82, 2.24) is 0 Å². The van der Waals surface area contributed by atoms with E-state index in [1.807, 2.05) is 23.5 Å². The molecule has 1 aliphatic rings. The molecule has 0 bridgehead atoms. The van der Waals surface area contributed by atoms with Gasteiger partial charge in [-0.3, -0.25) is 0 Å². The average molecular weight is 154 g/mol. The Balaban J connectivity index is 0.000000640. The summed E-state index contributed by atoms with van der Waals surface area (Å²) in [6.07, 6.45) is 1.37. The molecule has 9 heavy (non-hydrogen) atoms. The molecule has 48 valence electrons. The molecule has 1 aliphatic heterocycles. The third kappa shape index (κ3) is 3.88. The fraction of sp³-hybridized carbons (Fsp3) is 0.833. The van der Waals surface area contributed by atoms with Crippen LogP contribution in [0.15, 0.2) is 0 Å². The number of thioether (sulfide) groups is 2. The van der Waals surface area contributed by atoms with Crippen LogP contribution in [0, 0.1) is 5.08 Å². The van der Waals surface area contributed by atoms with E-state index >= 15 is 0 Å². The molecule has 0 unspecified atom stereocenters. The summed E-state index contributed by atoms with van der Waals surface area (Å²) in [5.74, 6) is 0. The molecule has 0 N–H and O–H groups in total. The maximum Gasteiger partial charge on any atom is 1.00 e. The monoisotopic (exact) mass is 154 g/mol. The molecule has 0 nitrogen and oxygen atoms in total. The summed E-state index contributed by atoms with van der Waals surface area (Å²) < 4.78 is 0. The molecule has 0 aromatic heterocycles. The molecule has 0 saturated carbocycles. The summed E-state index contributed by atoms with van der Waals surface area (Å²) in [6.45, 7) is 4.58. The van der Waals surface area contributed by atoms with Gasteiger partial charge in [0.2, 0.25) is 0 Å². The second-order valence-corrected chi connectivity index (χ2v) is 5.15. The summed E-state index contributed by atoms with van der Waals surface area (Å²) in [7, 11) is 0. The fourth-order valence-corrected chi connectivity index (χ4v) is 3.50. The predicted octanol–water partition coefficient (Wildman–Crippen LogP) is -0.243. The summed E-state index contributed by atoms with van der Waals surface area (Å²) in [6, 6.07) is 0. The molecular formula is C6H11LiS2. The van der Waals surface area contributed by atoms with Gasteiger partial charge in [-0.1, -0.05) is 13.8 Å². The molecule has 1 rings (SSSR count). The number of rotatable bonds is 0. The molecule has 3 heteroatoms. The number of hydrogen-bond donors (Lipinski definition) is 0. The van der Waals surface area contributed by atoms with Crippen LogP contribution in [-0.4, -0.2) is 10.5 Å². The molecule has 0 spiro atoms. The van der Waals surface area contributed by atoms with Crippen molar-refractivity contribution < 1.29 is 18.9 Å². The van der Waals surface area contributed by atoms with Crippen molar-refractivity contribution >= 4 is 23.5 Å². The van der Waals surface area contributed by atoms with Crippen LogP contribution in [0.2, 0.25) is 0 Å². The van der Waals surface area contributed by atoms with Gasteiger partial charge in [0, 0.05) is 0 Å². The van der Waals surface area contributed by atoms with E-state index in [-0.39, 0.29) is 18.9 Å². The van der Waals surface area contributed by atoms with Gasteiger partial charge in [0.05, 0.1) is 0 Å². The van der Waals surface area contributed by atoms with E-state index in [1.165, 1.54) is 6.42 Å². The summed E-state index contributed by atoms with van der Waals surface area (Å²) in [5, 5.41) is 3.97. The van der Waals surface area contributed by atoms with Crippen LogP contribution in [0.5, 0.6) is 0 Å². The minimum Gasteiger partial charge on any atom is -0.338 e. The second kappa shape index (κ2) is 5.02. The molecule has 1 heterocycles. The van der Waals surface area contributed by atoms with Gasteiger partial charge in [-0.2, -0.15) is 0 Å². The van der Waals surface area contributed by atoms with E-state index in [9.17, 15) is 0 Å². The zero-order chi connectivity index (χ0) is 5.98. The third-order valence-electron chi connectivity index (χ3n) is 1.24. The second-order valence-electron chi connectivity index (χ2n) is 2.23. The van der Waals surface area contributed by atoms with Crippen LogP contribution >= 0.6 is 23.5 Å². The van der Waals surface area contributed by atoms with Gasteiger partial charge in [0.15, 0.2) is 0 Å². The summed E-state index contributed by atoms with van der Waals surface area (Å²) in [4.78, 5) is 0. The van der Waals surface area contributed by atoms with Crippen LogP contribution in [0.25, 0.3) is 0 Å². The Hall–Kier alpha value is 1.30. The average Bonchev–Trinajstić information content (AvgIpc) is 1.64. The SMILES string of the molecule is C[C@@H]1C[C@H](C)S[CH-]S1.[Li+]. The molecule has 0 aromatic rings. The van der Waals surface area contributed by atoms with Crippen molar-refractivity contribution in [3.05, 3.63) is 5.08 Å². The van der Waals surface area contributed by atoms with Crippen molar-refractivity contribution in [3.8, 4) is 0 Å². The minimum absolute atomic E-state index is 0. The van der Waals surface area contributed by atoms with Crippen LogP contribution < -0.4 is 18.9 Å². The van der Waals surface area contributed by atoms with E-state index in [1.54, 1.807) is 0 Å². The van der Waals surface area contributed by atoms with Crippen LogP contribution in [0.3, 0.4) is 0 Å². The molecular weight excluding hydrogens is 143 g/mol. The van der Waals surface area contributed by atoms with E-state index in [4.69, 9.17) is 0 Å². The maximum absolute atomic E-state index is 2.29. The van der Waals surface area contributed by atoms with Crippen LogP contribution in [0.4, 0.5) is 0 Å². The van der Waals surface area contributed by atoms with Gasteiger partial charge in [-0.25, -0.2) is 5.08 Å². The molecule has 0 radical (unpaired) electrons. The van der Waals surface area contributed by atoms with E-state index in [0.29, 0.717) is 0 Å². The summed E-state index contributed by atoms with van der Waals surface area (Å²) >= 11 is 3.92. The Morgan fingerprint density at radius 2 is 1.67 bits per heavy atom. The first-order chi connectivity index (χ1) is 3.79. The zero-order valence-electron chi connectivity index (χ0n) is 6.26. The topological polar surface area (TPSA) is 0 Å². The Morgan fingerprint density at radius 3 is 1.89 bits per heavy atom. The maximum atomic E-state index is 2.29. The Kier molecular flexibility index (Phi) is 5.74. The van der Waals surface area contributed by atoms with Gasteiger partial charge in [0.1, 0.15) is 0 Å². The Bertz CT molecular complexity index is 69.5. The van der Waals surface area contributed by atoms with Gasteiger partial charge < -0.3 is 23.5 Å². The largest absolute Gasteiger partial charge is 1.00 e.